The van der Waals surface area contributed by atoms with Crippen molar-refractivity contribution in [1.29, 1.82) is 0 Å². The van der Waals surface area contributed by atoms with Gasteiger partial charge in [-0.2, -0.15) is 4.99 Å². The molecule has 0 amide bonds. The first-order valence-electron chi connectivity index (χ1n) is 6.26. The number of unbranched alkanes of at least 4 members (excludes halogenated alkanes) is 4. The fourth-order valence-electron chi connectivity index (χ4n) is 1.55. The molecular weight excluding hydrogens is 248 g/mol. The van der Waals surface area contributed by atoms with E-state index < -0.39 is 11.9 Å². The van der Waals surface area contributed by atoms with Gasteiger partial charge < -0.3 is 15.1 Å². The minimum atomic E-state index is -0.941. The summed E-state index contributed by atoms with van der Waals surface area (Å²) in [4.78, 5) is 32.8. The largest absolute Gasteiger partial charge is 0.497 e. The summed E-state index contributed by atoms with van der Waals surface area (Å²) in [5.41, 5.74) is 8.28. The molecule has 0 aliphatic carbocycles. The smallest absolute Gasteiger partial charge is 0.436 e. The summed E-state index contributed by atoms with van der Waals surface area (Å²) in [6.45, 7) is 2.11. The highest BCUT2D eigenvalue weighted by Crippen LogP contribution is 2.06. The Morgan fingerprint density at radius 2 is 2.05 bits per heavy atom. The predicted octanol–water partition coefficient (Wildman–Crippen LogP) is 1.53. The van der Waals surface area contributed by atoms with Gasteiger partial charge in [0, 0.05) is 6.42 Å². The zero-order valence-electron chi connectivity index (χ0n) is 10.8. The Balaban J connectivity index is 2.29. The normalized spacial score (nSPS) is 13.1. The number of hydrogen-bond donors (Lipinski definition) is 0. The molecule has 1 aliphatic rings. The molecule has 0 aromatic carbocycles. The van der Waals surface area contributed by atoms with Crippen LogP contribution in [0.3, 0.4) is 0 Å². The van der Waals surface area contributed by atoms with Gasteiger partial charge in [0.25, 0.3) is 5.71 Å². The van der Waals surface area contributed by atoms with Crippen molar-refractivity contribution < 1.29 is 19.1 Å². The van der Waals surface area contributed by atoms with E-state index in [0.717, 1.165) is 32.0 Å². The third-order valence-electron chi connectivity index (χ3n) is 2.56. The highest BCUT2D eigenvalue weighted by molar-refractivity contribution is 6.67. The summed E-state index contributed by atoms with van der Waals surface area (Å²) in [7, 11) is 0. The van der Waals surface area contributed by atoms with E-state index in [-0.39, 0.29) is 18.0 Å². The standard InChI is InChI=1S/C12H16N4O3/c1-2-3-4-5-6-7-9(17)19-12(18)10-11(16-13)15-8-14-10/h8H,2-7H2,1H3. The molecule has 0 saturated heterocycles. The lowest BCUT2D eigenvalue weighted by molar-refractivity contribution is -0.154. The Hall–Kier alpha value is -2.14. The molecule has 0 unspecified atom stereocenters. The van der Waals surface area contributed by atoms with Crippen molar-refractivity contribution in [3.05, 3.63) is 5.53 Å². The van der Waals surface area contributed by atoms with Gasteiger partial charge in [-0.3, -0.25) is 4.79 Å². The average molecular weight is 264 g/mol. The van der Waals surface area contributed by atoms with Crippen LogP contribution in [0.1, 0.15) is 45.4 Å². The van der Waals surface area contributed by atoms with Crippen LogP contribution in [-0.4, -0.2) is 34.6 Å². The van der Waals surface area contributed by atoms with Gasteiger partial charge in [-0.25, -0.2) is 4.79 Å². The SMILES string of the molecule is CCCCCCCC(=O)OC(=O)C1=NC=NC1=[N+]=[N-]. The van der Waals surface area contributed by atoms with E-state index in [1.165, 1.54) is 0 Å². The molecule has 0 bridgehead atoms. The number of hydrogen-bond acceptors (Lipinski definition) is 4. The van der Waals surface area contributed by atoms with Crippen molar-refractivity contribution in [3.63, 3.8) is 0 Å². The zero-order valence-corrected chi connectivity index (χ0v) is 10.8. The molecule has 0 saturated carbocycles. The number of nitrogens with zero attached hydrogens (tertiary/aromatic N) is 4. The Labute approximate surface area is 111 Å². The minimum Gasteiger partial charge on any atom is -0.497 e. The quantitative estimate of drug-likeness (QED) is 0.229. The maximum atomic E-state index is 11.5. The van der Waals surface area contributed by atoms with Crippen molar-refractivity contribution >= 4 is 29.8 Å². The molecule has 1 heterocycles. The highest BCUT2D eigenvalue weighted by atomic mass is 16.6. The summed E-state index contributed by atoms with van der Waals surface area (Å²) < 4.78 is 4.59. The van der Waals surface area contributed by atoms with Crippen molar-refractivity contribution in [2.24, 2.45) is 9.98 Å². The fraction of sp³-hybridized carbons (Fsp3) is 0.583. The molecule has 0 fully saturated rings. The van der Waals surface area contributed by atoms with Crippen LogP contribution in [0.25, 0.3) is 5.53 Å². The Bertz CT molecular complexity index is 462. The van der Waals surface area contributed by atoms with Crippen LogP contribution in [0.4, 0.5) is 0 Å². The second-order valence-corrected chi connectivity index (χ2v) is 4.07. The van der Waals surface area contributed by atoms with Gasteiger partial charge in [0.15, 0.2) is 0 Å². The fourth-order valence-corrected chi connectivity index (χ4v) is 1.55. The average Bonchev–Trinajstić information content (AvgIpc) is 2.86. The van der Waals surface area contributed by atoms with Gasteiger partial charge in [-0.15, -0.1) is 0 Å². The highest BCUT2D eigenvalue weighted by Gasteiger charge is 2.31. The topological polar surface area (TPSA) is 104 Å². The lowest BCUT2D eigenvalue weighted by atomic mass is 10.1. The first-order chi connectivity index (χ1) is 9.19. The van der Waals surface area contributed by atoms with Gasteiger partial charge >= 0.3 is 17.8 Å². The Kier molecular flexibility index (Phi) is 6.32. The molecule has 0 aromatic heterocycles. The van der Waals surface area contributed by atoms with E-state index >= 15 is 0 Å². The van der Waals surface area contributed by atoms with Crippen LogP contribution >= 0.6 is 0 Å². The summed E-state index contributed by atoms with van der Waals surface area (Å²) >= 11 is 0. The molecule has 7 nitrogen and oxygen atoms in total. The van der Waals surface area contributed by atoms with Gasteiger partial charge in [-0.05, 0) is 11.4 Å². The van der Waals surface area contributed by atoms with E-state index in [2.05, 4.69) is 26.4 Å². The summed E-state index contributed by atoms with van der Waals surface area (Å²) in [5.74, 6) is -1.79. The third-order valence-corrected chi connectivity index (χ3v) is 2.56. The second-order valence-electron chi connectivity index (χ2n) is 4.07. The number of amidine groups is 1. The Morgan fingerprint density at radius 3 is 2.74 bits per heavy atom. The molecule has 0 N–H and O–H groups in total. The van der Waals surface area contributed by atoms with E-state index in [1.807, 2.05) is 0 Å². The monoisotopic (exact) mass is 264 g/mol. The van der Waals surface area contributed by atoms with Crippen molar-refractivity contribution in [2.45, 2.75) is 45.4 Å². The maximum Gasteiger partial charge on any atom is 0.436 e. The van der Waals surface area contributed by atoms with Crippen LogP contribution in [0.15, 0.2) is 9.98 Å². The van der Waals surface area contributed by atoms with Crippen LogP contribution in [0.2, 0.25) is 0 Å². The number of aliphatic imine (C=N–C) groups is 2. The molecule has 19 heavy (non-hydrogen) atoms. The van der Waals surface area contributed by atoms with Crippen LogP contribution in [0.5, 0.6) is 0 Å². The van der Waals surface area contributed by atoms with Crippen LogP contribution in [-0.2, 0) is 14.3 Å². The van der Waals surface area contributed by atoms with E-state index in [0.29, 0.717) is 6.42 Å². The summed E-state index contributed by atoms with van der Waals surface area (Å²) in [6.07, 6.45) is 6.21. The second kappa shape index (κ2) is 8.05. The molecule has 102 valence electrons. The van der Waals surface area contributed by atoms with Gasteiger partial charge in [0.05, 0.1) is 0 Å². The zero-order chi connectivity index (χ0) is 14.1. The number of ether oxygens (including phenoxy) is 1. The van der Waals surface area contributed by atoms with Crippen LogP contribution in [0, 0.1) is 0 Å². The predicted molar refractivity (Wildman–Crippen MR) is 69.0 cm³/mol. The number of carbonyl (C=O) groups is 2. The third kappa shape index (κ3) is 4.93. The lowest BCUT2D eigenvalue weighted by Crippen LogP contribution is -2.26. The van der Waals surface area contributed by atoms with E-state index in [1.54, 1.807) is 0 Å². The van der Waals surface area contributed by atoms with Crippen molar-refractivity contribution in [3.8, 4) is 0 Å². The molecule has 1 rings (SSSR count). The van der Waals surface area contributed by atoms with Gasteiger partial charge in [-0.1, -0.05) is 32.6 Å². The number of esters is 2. The van der Waals surface area contributed by atoms with E-state index in [4.69, 9.17) is 5.53 Å². The maximum absolute atomic E-state index is 11.5. The van der Waals surface area contributed by atoms with Crippen molar-refractivity contribution in [1.82, 2.24) is 0 Å². The van der Waals surface area contributed by atoms with Crippen LogP contribution < -0.4 is 0 Å². The molecule has 7 heteroatoms. The molecular formula is C12H16N4O3. The number of carbonyl (C=O) groups excluding carboxylic acids is 2. The summed E-state index contributed by atoms with van der Waals surface area (Å²) in [5, 5.41) is 0. The number of rotatable bonds is 7. The van der Waals surface area contributed by atoms with Gasteiger partial charge in [0.1, 0.15) is 0 Å². The molecule has 1 aliphatic heterocycles. The molecule has 0 spiro atoms. The van der Waals surface area contributed by atoms with Gasteiger partial charge in [0.2, 0.25) is 6.34 Å². The minimum absolute atomic E-state index is 0.190. The molecule has 0 aromatic rings. The molecule has 0 atom stereocenters. The summed E-state index contributed by atoms with van der Waals surface area (Å²) in [6, 6.07) is 0. The van der Waals surface area contributed by atoms with E-state index in [9.17, 15) is 9.59 Å². The van der Waals surface area contributed by atoms with Crippen molar-refractivity contribution in [2.75, 3.05) is 0 Å². The first-order valence-corrected chi connectivity index (χ1v) is 6.26. The Morgan fingerprint density at radius 1 is 1.32 bits per heavy atom. The first kappa shape index (κ1) is 14.9. The lowest BCUT2D eigenvalue weighted by Gasteiger charge is -2.01. The molecule has 0 radical (unpaired) electrons.